The van der Waals surface area contributed by atoms with E-state index in [2.05, 4.69) is 10.2 Å². The number of carboxylic acids is 1. The molecule has 2 aromatic rings. The summed E-state index contributed by atoms with van der Waals surface area (Å²) in [6.07, 6.45) is 0. The first-order valence-corrected chi connectivity index (χ1v) is 7.18. The SMILES string of the molecule is CCN(C)c1nnc(SCC(=O)O)n1-c1ccccc1. The smallest absolute Gasteiger partial charge is 0.313 e. The van der Waals surface area contributed by atoms with Gasteiger partial charge in [-0.2, -0.15) is 0 Å². The standard InChI is InChI=1S/C13H16N4O2S/c1-3-16(2)12-14-15-13(20-9-11(18)19)17(12)10-7-5-4-6-8-10/h4-8H,3,9H2,1-2H3,(H,18,19). The summed E-state index contributed by atoms with van der Waals surface area (Å²) >= 11 is 1.16. The van der Waals surface area contributed by atoms with Crippen molar-refractivity contribution in [1.29, 1.82) is 0 Å². The molecule has 0 aliphatic carbocycles. The summed E-state index contributed by atoms with van der Waals surface area (Å²) in [4.78, 5) is 12.7. The number of thioether (sulfide) groups is 1. The molecule has 0 amide bonds. The van der Waals surface area contributed by atoms with Crippen LogP contribution in [0.5, 0.6) is 0 Å². The highest BCUT2D eigenvalue weighted by Crippen LogP contribution is 2.25. The molecule has 0 unspecified atom stereocenters. The number of aliphatic carboxylic acids is 1. The lowest BCUT2D eigenvalue weighted by molar-refractivity contribution is -0.133. The summed E-state index contributed by atoms with van der Waals surface area (Å²) in [5.74, 6) is -0.213. The normalized spacial score (nSPS) is 10.5. The molecule has 0 saturated carbocycles. The zero-order valence-corrected chi connectivity index (χ0v) is 12.2. The van der Waals surface area contributed by atoms with Crippen molar-refractivity contribution in [3.63, 3.8) is 0 Å². The number of rotatable bonds is 6. The molecular formula is C13H16N4O2S. The molecule has 1 aromatic carbocycles. The van der Waals surface area contributed by atoms with E-state index in [1.54, 1.807) is 0 Å². The van der Waals surface area contributed by atoms with Crippen LogP contribution in [0.15, 0.2) is 35.5 Å². The van der Waals surface area contributed by atoms with Gasteiger partial charge in [-0.15, -0.1) is 10.2 Å². The van der Waals surface area contributed by atoms with Crippen molar-refractivity contribution in [3.05, 3.63) is 30.3 Å². The maximum absolute atomic E-state index is 10.7. The molecule has 1 heterocycles. The number of nitrogens with zero attached hydrogens (tertiary/aromatic N) is 4. The average molecular weight is 292 g/mol. The fourth-order valence-corrected chi connectivity index (χ4v) is 2.34. The minimum absolute atomic E-state index is 0.0409. The minimum atomic E-state index is -0.872. The van der Waals surface area contributed by atoms with Crippen LogP contribution < -0.4 is 4.90 Å². The van der Waals surface area contributed by atoms with Crippen LogP contribution >= 0.6 is 11.8 Å². The van der Waals surface area contributed by atoms with Crippen LogP contribution in [0.25, 0.3) is 5.69 Å². The van der Waals surface area contributed by atoms with Crippen LogP contribution in [0.1, 0.15) is 6.92 Å². The molecule has 0 aliphatic rings. The van der Waals surface area contributed by atoms with E-state index in [0.29, 0.717) is 11.1 Å². The molecule has 2 rings (SSSR count). The highest BCUT2D eigenvalue weighted by atomic mass is 32.2. The zero-order valence-electron chi connectivity index (χ0n) is 11.4. The summed E-state index contributed by atoms with van der Waals surface area (Å²) in [5.41, 5.74) is 0.917. The molecule has 1 N–H and O–H groups in total. The first-order chi connectivity index (χ1) is 9.63. The van der Waals surface area contributed by atoms with Gasteiger partial charge in [-0.25, -0.2) is 0 Å². The van der Waals surface area contributed by atoms with Crippen molar-refractivity contribution in [2.75, 3.05) is 24.2 Å². The van der Waals surface area contributed by atoms with Crippen LogP contribution in [-0.2, 0) is 4.79 Å². The summed E-state index contributed by atoms with van der Waals surface area (Å²) in [6.45, 7) is 2.81. The Hall–Kier alpha value is -2.02. The van der Waals surface area contributed by atoms with Crippen molar-refractivity contribution in [2.45, 2.75) is 12.1 Å². The van der Waals surface area contributed by atoms with Gasteiger partial charge in [0.2, 0.25) is 5.95 Å². The fraction of sp³-hybridized carbons (Fsp3) is 0.308. The van der Waals surface area contributed by atoms with E-state index in [9.17, 15) is 4.79 Å². The predicted octanol–water partition coefficient (Wildman–Crippen LogP) is 1.90. The van der Waals surface area contributed by atoms with Gasteiger partial charge >= 0.3 is 5.97 Å². The number of hydrogen-bond acceptors (Lipinski definition) is 5. The summed E-state index contributed by atoms with van der Waals surface area (Å²) in [7, 11) is 1.93. The molecule has 1 aromatic heterocycles. The van der Waals surface area contributed by atoms with Gasteiger partial charge in [0.15, 0.2) is 5.16 Å². The Morgan fingerprint density at radius 2 is 2.05 bits per heavy atom. The number of anilines is 1. The van der Waals surface area contributed by atoms with Gasteiger partial charge in [0, 0.05) is 13.6 Å². The molecular weight excluding hydrogens is 276 g/mol. The molecule has 0 radical (unpaired) electrons. The highest BCUT2D eigenvalue weighted by molar-refractivity contribution is 7.99. The maximum Gasteiger partial charge on any atom is 0.313 e. The highest BCUT2D eigenvalue weighted by Gasteiger charge is 2.17. The molecule has 0 saturated heterocycles. The second-order valence-electron chi connectivity index (χ2n) is 4.15. The van der Waals surface area contributed by atoms with Crippen molar-refractivity contribution in [1.82, 2.24) is 14.8 Å². The Morgan fingerprint density at radius 3 is 2.65 bits per heavy atom. The molecule has 106 valence electrons. The van der Waals surface area contributed by atoms with Crippen molar-refractivity contribution in [2.24, 2.45) is 0 Å². The lowest BCUT2D eigenvalue weighted by Gasteiger charge is -2.17. The van der Waals surface area contributed by atoms with E-state index in [0.717, 1.165) is 24.0 Å². The van der Waals surface area contributed by atoms with Crippen LogP contribution in [0, 0.1) is 0 Å². The van der Waals surface area contributed by atoms with E-state index in [1.807, 2.05) is 53.8 Å². The van der Waals surface area contributed by atoms with Crippen LogP contribution in [0.4, 0.5) is 5.95 Å². The van der Waals surface area contributed by atoms with E-state index in [-0.39, 0.29) is 5.75 Å². The maximum atomic E-state index is 10.7. The van der Waals surface area contributed by atoms with Gasteiger partial charge in [-0.1, -0.05) is 30.0 Å². The third-order valence-corrected chi connectivity index (χ3v) is 3.68. The number of benzene rings is 1. The van der Waals surface area contributed by atoms with Crippen LogP contribution in [-0.4, -0.2) is 45.2 Å². The summed E-state index contributed by atoms with van der Waals surface area (Å²) < 4.78 is 1.87. The zero-order chi connectivity index (χ0) is 14.5. The number of hydrogen-bond donors (Lipinski definition) is 1. The molecule has 20 heavy (non-hydrogen) atoms. The second-order valence-corrected chi connectivity index (χ2v) is 5.09. The molecule has 0 bridgehead atoms. The topological polar surface area (TPSA) is 71.2 Å². The molecule has 0 atom stereocenters. The summed E-state index contributed by atoms with van der Waals surface area (Å²) in [5, 5.41) is 17.7. The van der Waals surface area contributed by atoms with E-state index >= 15 is 0 Å². The van der Waals surface area contributed by atoms with E-state index in [4.69, 9.17) is 5.11 Å². The first-order valence-electron chi connectivity index (χ1n) is 6.20. The molecule has 7 heteroatoms. The number of aromatic nitrogens is 3. The quantitative estimate of drug-likeness (QED) is 0.820. The molecule has 0 fully saturated rings. The lowest BCUT2D eigenvalue weighted by Crippen LogP contribution is -2.20. The second kappa shape index (κ2) is 6.42. The number of carbonyl (C=O) groups is 1. The van der Waals surface area contributed by atoms with Crippen molar-refractivity contribution in [3.8, 4) is 5.69 Å². The monoisotopic (exact) mass is 292 g/mol. The Bertz CT molecular complexity index is 585. The summed E-state index contributed by atoms with van der Waals surface area (Å²) in [6, 6.07) is 9.68. The molecule has 6 nitrogen and oxygen atoms in total. The third-order valence-electron chi connectivity index (χ3n) is 2.77. The van der Waals surface area contributed by atoms with E-state index in [1.165, 1.54) is 0 Å². The Balaban J connectivity index is 2.43. The average Bonchev–Trinajstić information content (AvgIpc) is 2.89. The fourth-order valence-electron chi connectivity index (χ4n) is 1.67. The third kappa shape index (κ3) is 3.11. The Kier molecular flexibility index (Phi) is 4.62. The van der Waals surface area contributed by atoms with Gasteiger partial charge < -0.3 is 10.0 Å². The van der Waals surface area contributed by atoms with Gasteiger partial charge in [0.05, 0.1) is 11.4 Å². The number of para-hydroxylation sites is 1. The van der Waals surface area contributed by atoms with Crippen molar-refractivity contribution < 1.29 is 9.90 Å². The molecule has 0 aliphatic heterocycles. The van der Waals surface area contributed by atoms with E-state index < -0.39 is 5.97 Å². The lowest BCUT2D eigenvalue weighted by atomic mass is 10.3. The Labute approximate surface area is 121 Å². The predicted molar refractivity (Wildman–Crippen MR) is 78.7 cm³/mol. The van der Waals surface area contributed by atoms with Crippen LogP contribution in [0.3, 0.4) is 0 Å². The van der Waals surface area contributed by atoms with Crippen LogP contribution in [0.2, 0.25) is 0 Å². The number of carboxylic acid groups (broad SMARTS) is 1. The van der Waals surface area contributed by atoms with Crippen molar-refractivity contribution >= 4 is 23.7 Å². The largest absolute Gasteiger partial charge is 0.481 e. The van der Waals surface area contributed by atoms with Gasteiger partial charge in [0.25, 0.3) is 0 Å². The van der Waals surface area contributed by atoms with Gasteiger partial charge in [-0.05, 0) is 19.1 Å². The van der Waals surface area contributed by atoms with Gasteiger partial charge in [-0.3, -0.25) is 9.36 Å². The minimum Gasteiger partial charge on any atom is -0.481 e. The first kappa shape index (κ1) is 14.4. The Morgan fingerprint density at radius 1 is 1.35 bits per heavy atom. The molecule has 0 spiro atoms. The van der Waals surface area contributed by atoms with Gasteiger partial charge in [0.1, 0.15) is 0 Å².